The van der Waals surface area contributed by atoms with Crippen LogP contribution >= 0.6 is 11.6 Å². The van der Waals surface area contributed by atoms with E-state index in [1.807, 2.05) is 6.92 Å². The number of carbonyl (C=O) groups is 2. The minimum atomic E-state index is -0.514. The Labute approximate surface area is 166 Å². The molecule has 1 N–H and O–H groups in total. The first kappa shape index (κ1) is 19.6. The summed E-state index contributed by atoms with van der Waals surface area (Å²) in [4.78, 5) is 42.8. The van der Waals surface area contributed by atoms with Gasteiger partial charge in [0.1, 0.15) is 6.54 Å². The Kier molecular flexibility index (Phi) is 5.46. The highest BCUT2D eigenvalue weighted by Crippen LogP contribution is 2.20. The van der Waals surface area contributed by atoms with Crippen molar-refractivity contribution < 1.29 is 9.59 Å². The fourth-order valence-corrected chi connectivity index (χ4v) is 3.03. The van der Waals surface area contributed by atoms with Crippen molar-refractivity contribution in [1.82, 2.24) is 9.55 Å². The zero-order valence-corrected chi connectivity index (χ0v) is 16.4. The third-order valence-electron chi connectivity index (χ3n) is 4.39. The predicted molar refractivity (Wildman–Crippen MR) is 110 cm³/mol. The number of anilines is 2. The van der Waals surface area contributed by atoms with Crippen LogP contribution in [0.15, 0.2) is 47.3 Å². The number of benzene rings is 2. The van der Waals surface area contributed by atoms with Crippen molar-refractivity contribution in [3.8, 4) is 0 Å². The van der Waals surface area contributed by atoms with E-state index in [1.165, 1.54) is 23.4 Å². The lowest BCUT2D eigenvalue weighted by Gasteiger charge is -2.17. The molecule has 0 aliphatic heterocycles. The molecule has 144 valence electrons. The molecule has 0 saturated carbocycles. The highest BCUT2D eigenvalue weighted by atomic mass is 35.5. The van der Waals surface area contributed by atoms with Crippen molar-refractivity contribution in [1.29, 1.82) is 0 Å². The average molecular weight is 399 g/mol. The molecule has 1 heterocycles. The number of hydrogen-bond acceptors (Lipinski definition) is 4. The van der Waals surface area contributed by atoms with E-state index in [9.17, 15) is 14.4 Å². The quantitative estimate of drug-likeness (QED) is 0.732. The first-order chi connectivity index (χ1) is 13.3. The molecule has 0 bridgehead atoms. The summed E-state index contributed by atoms with van der Waals surface area (Å²) in [5.41, 5.74) is 1.93. The Morgan fingerprint density at radius 3 is 2.61 bits per heavy atom. The normalized spacial score (nSPS) is 10.7. The molecule has 0 saturated heterocycles. The van der Waals surface area contributed by atoms with Crippen molar-refractivity contribution in [2.45, 2.75) is 20.4 Å². The van der Waals surface area contributed by atoms with Crippen molar-refractivity contribution in [2.24, 2.45) is 0 Å². The van der Waals surface area contributed by atoms with E-state index in [4.69, 9.17) is 11.6 Å². The lowest BCUT2D eigenvalue weighted by molar-refractivity contribution is -0.117. The summed E-state index contributed by atoms with van der Waals surface area (Å²) in [6.07, 6.45) is 0. The average Bonchev–Trinajstić information content (AvgIpc) is 2.65. The molecule has 0 atom stereocenters. The molecule has 2 amide bonds. The predicted octanol–water partition coefficient (Wildman–Crippen LogP) is 2.98. The standard InChI is InChI=1S/C20H19ClN4O3/c1-12-10-14(21)8-9-15(12)22-18(27)11-25-17-7-5-4-6-16(17)23-19(20(25)28)24(3)13(2)26/h4-10H,11H2,1-3H3,(H,22,27). The van der Waals surface area contributed by atoms with Gasteiger partial charge in [-0.2, -0.15) is 0 Å². The first-order valence-corrected chi connectivity index (χ1v) is 8.95. The van der Waals surface area contributed by atoms with Crippen LogP contribution in [0.2, 0.25) is 5.02 Å². The van der Waals surface area contributed by atoms with Gasteiger partial charge >= 0.3 is 0 Å². The van der Waals surface area contributed by atoms with E-state index in [1.54, 1.807) is 42.5 Å². The number of para-hydroxylation sites is 2. The topological polar surface area (TPSA) is 84.3 Å². The van der Waals surface area contributed by atoms with E-state index in [-0.39, 0.29) is 24.2 Å². The maximum atomic E-state index is 12.9. The molecule has 8 heteroatoms. The fourth-order valence-electron chi connectivity index (χ4n) is 2.80. The van der Waals surface area contributed by atoms with Gasteiger partial charge in [-0.05, 0) is 42.8 Å². The van der Waals surface area contributed by atoms with Gasteiger partial charge in [-0.15, -0.1) is 0 Å². The van der Waals surface area contributed by atoms with E-state index in [2.05, 4.69) is 10.3 Å². The maximum Gasteiger partial charge on any atom is 0.294 e. The lowest BCUT2D eigenvalue weighted by Crippen LogP contribution is -2.36. The monoisotopic (exact) mass is 398 g/mol. The summed E-state index contributed by atoms with van der Waals surface area (Å²) in [6.45, 7) is 2.95. The molecule has 1 aromatic heterocycles. The number of rotatable bonds is 4. The molecule has 28 heavy (non-hydrogen) atoms. The van der Waals surface area contributed by atoms with Gasteiger partial charge in [0.05, 0.1) is 11.0 Å². The molecule has 7 nitrogen and oxygen atoms in total. The zero-order valence-electron chi connectivity index (χ0n) is 15.7. The van der Waals surface area contributed by atoms with Crippen molar-refractivity contribution in [3.05, 3.63) is 63.4 Å². The van der Waals surface area contributed by atoms with Gasteiger partial charge in [0.25, 0.3) is 5.56 Å². The first-order valence-electron chi connectivity index (χ1n) is 8.58. The zero-order chi connectivity index (χ0) is 20.4. The van der Waals surface area contributed by atoms with Crippen LogP contribution in [0, 0.1) is 6.92 Å². The van der Waals surface area contributed by atoms with Crippen LogP contribution in [-0.2, 0) is 16.1 Å². The highest BCUT2D eigenvalue weighted by Gasteiger charge is 2.18. The number of fused-ring (bicyclic) bond motifs is 1. The minimum Gasteiger partial charge on any atom is -0.324 e. The molecule has 0 fully saturated rings. The fraction of sp³-hybridized carbons (Fsp3) is 0.200. The second kappa shape index (κ2) is 7.82. The largest absolute Gasteiger partial charge is 0.324 e. The molecule has 0 radical (unpaired) electrons. The van der Waals surface area contributed by atoms with Gasteiger partial charge in [0, 0.05) is 24.7 Å². The summed E-state index contributed by atoms with van der Waals surface area (Å²) >= 11 is 5.94. The minimum absolute atomic E-state index is 0.0262. The number of nitrogens with zero attached hydrogens (tertiary/aromatic N) is 3. The van der Waals surface area contributed by atoms with Gasteiger partial charge in [0.15, 0.2) is 0 Å². The smallest absolute Gasteiger partial charge is 0.294 e. The Balaban J connectivity index is 2.01. The Morgan fingerprint density at radius 2 is 1.93 bits per heavy atom. The molecule has 2 aromatic carbocycles. The summed E-state index contributed by atoms with van der Waals surface area (Å²) in [5, 5.41) is 3.36. The van der Waals surface area contributed by atoms with Crippen molar-refractivity contribution >= 4 is 46.0 Å². The van der Waals surface area contributed by atoms with Crippen LogP contribution in [0.5, 0.6) is 0 Å². The molecular formula is C20H19ClN4O3. The third kappa shape index (κ3) is 3.89. The summed E-state index contributed by atoms with van der Waals surface area (Å²) in [7, 11) is 1.47. The molecule has 3 aromatic rings. The molecule has 3 rings (SSSR count). The lowest BCUT2D eigenvalue weighted by atomic mass is 10.2. The van der Waals surface area contributed by atoms with Gasteiger partial charge < -0.3 is 5.32 Å². The van der Waals surface area contributed by atoms with Gasteiger partial charge in [0.2, 0.25) is 17.6 Å². The van der Waals surface area contributed by atoms with Crippen LogP contribution < -0.4 is 15.8 Å². The molecule has 0 aliphatic rings. The number of hydrogen-bond donors (Lipinski definition) is 1. The van der Waals surface area contributed by atoms with Crippen molar-refractivity contribution in [2.75, 3.05) is 17.3 Å². The SMILES string of the molecule is CC(=O)N(C)c1nc2ccccc2n(CC(=O)Nc2ccc(Cl)cc2C)c1=O. The third-order valence-corrected chi connectivity index (χ3v) is 4.62. The Hall–Kier alpha value is -3.19. The van der Waals surface area contributed by atoms with Gasteiger partial charge in [-0.3, -0.25) is 23.9 Å². The number of aromatic nitrogens is 2. The second-order valence-electron chi connectivity index (χ2n) is 6.40. The van der Waals surface area contributed by atoms with Gasteiger partial charge in [-0.25, -0.2) is 4.98 Å². The highest BCUT2D eigenvalue weighted by molar-refractivity contribution is 6.30. The number of nitrogens with one attached hydrogen (secondary N) is 1. The molecule has 0 unspecified atom stereocenters. The van der Waals surface area contributed by atoms with Crippen LogP contribution in [-0.4, -0.2) is 28.4 Å². The maximum absolute atomic E-state index is 12.9. The van der Waals surface area contributed by atoms with E-state index in [0.717, 1.165) is 5.56 Å². The van der Waals surface area contributed by atoms with E-state index < -0.39 is 5.56 Å². The summed E-state index contributed by atoms with van der Waals surface area (Å²) in [5.74, 6) is -0.727. The van der Waals surface area contributed by atoms with Crippen LogP contribution in [0.25, 0.3) is 11.0 Å². The summed E-state index contributed by atoms with van der Waals surface area (Å²) in [6, 6.07) is 12.1. The summed E-state index contributed by atoms with van der Waals surface area (Å²) < 4.78 is 1.32. The number of amides is 2. The van der Waals surface area contributed by atoms with Crippen LogP contribution in [0.4, 0.5) is 11.5 Å². The molecular weight excluding hydrogens is 380 g/mol. The Bertz CT molecular complexity index is 1140. The van der Waals surface area contributed by atoms with Gasteiger partial charge in [-0.1, -0.05) is 23.7 Å². The number of halogens is 1. The Morgan fingerprint density at radius 1 is 1.21 bits per heavy atom. The van der Waals surface area contributed by atoms with Crippen LogP contribution in [0.3, 0.4) is 0 Å². The van der Waals surface area contributed by atoms with E-state index >= 15 is 0 Å². The molecule has 0 aliphatic carbocycles. The molecule has 0 spiro atoms. The van der Waals surface area contributed by atoms with Crippen molar-refractivity contribution in [3.63, 3.8) is 0 Å². The van der Waals surface area contributed by atoms with Crippen LogP contribution in [0.1, 0.15) is 12.5 Å². The number of carbonyl (C=O) groups excluding carboxylic acids is 2. The second-order valence-corrected chi connectivity index (χ2v) is 6.84. The van der Waals surface area contributed by atoms with E-state index in [0.29, 0.717) is 21.7 Å². The number of aryl methyl sites for hydroxylation is 1.